The highest BCUT2D eigenvalue weighted by Gasteiger charge is 2.00. The van der Waals surface area contributed by atoms with Crippen molar-refractivity contribution in [3.8, 4) is 6.07 Å². The van der Waals surface area contributed by atoms with E-state index >= 15 is 0 Å². The van der Waals surface area contributed by atoms with Gasteiger partial charge in [-0.05, 0) is 25.1 Å². The first-order chi connectivity index (χ1) is 5.77. The number of hydrogen-bond donors (Lipinski definition) is 1. The lowest BCUT2D eigenvalue weighted by Crippen LogP contribution is -1.99. The molecule has 0 amide bonds. The molecule has 0 bridgehead atoms. The van der Waals surface area contributed by atoms with Gasteiger partial charge in [0.2, 0.25) is 0 Å². The van der Waals surface area contributed by atoms with Gasteiger partial charge < -0.3 is 5.32 Å². The molecule has 0 aliphatic carbocycles. The van der Waals surface area contributed by atoms with Crippen molar-refractivity contribution in [2.75, 3.05) is 11.9 Å². The molecule has 2 nitrogen and oxygen atoms in total. The highest BCUT2D eigenvalue weighted by atomic mass is 19.1. The van der Waals surface area contributed by atoms with Crippen molar-refractivity contribution in [2.45, 2.75) is 6.92 Å². The smallest absolute Gasteiger partial charge is 0.146 e. The molecule has 0 saturated carbocycles. The van der Waals surface area contributed by atoms with Gasteiger partial charge in [-0.15, -0.1) is 0 Å². The van der Waals surface area contributed by atoms with Crippen LogP contribution in [-0.2, 0) is 0 Å². The molecule has 3 heteroatoms. The van der Waals surface area contributed by atoms with Crippen LogP contribution in [0.25, 0.3) is 0 Å². The fourth-order valence-electron chi connectivity index (χ4n) is 0.921. The van der Waals surface area contributed by atoms with Crippen LogP contribution in [0.15, 0.2) is 18.2 Å². The maximum absolute atomic E-state index is 12.9. The Balaban J connectivity index is 3.01. The molecule has 0 heterocycles. The van der Waals surface area contributed by atoms with E-state index in [1.54, 1.807) is 0 Å². The molecule has 0 saturated heterocycles. The predicted molar refractivity (Wildman–Crippen MR) is 45.3 cm³/mol. The normalized spacial score (nSPS) is 9.08. The van der Waals surface area contributed by atoms with E-state index in [1.165, 1.54) is 18.2 Å². The van der Waals surface area contributed by atoms with Crippen molar-refractivity contribution < 1.29 is 4.39 Å². The molecule has 12 heavy (non-hydrogen) atoms. The van der Waals surface area contributed by atoms with Crippen LogP contribution in [0.3, 0.4) is 0 Å². The van der Waals surface area contributed by atoms with Crippen molar-refractivity contribution in [3.05, 3.63) is 29.6 Å². The van der Waals surface area contributed by atoms with Crippen molar-refractivity contribution >= 4 is 5.69 Å². The Hall–Kier alpha value is -1.56. The van der Waals surface area contributed by atoms with Gasteiger partial charge in [-0.25, -0.2) is 4.39 Å². The summed E-state index contributed by atoms with van der Waals surface area (Å²) in [7, 11) is 0. The zero-order valence-electron chi connectivity index (χ0n) is 6.76. The van der Waals surface area contributed by atoms with Crippen molar-refractivity contribution in [2.24, 2.45) is 0 Å². The zero-order valence-corrected chi connectivity index (χ0v) is 6.76. The number of nitrogens with zero attached hydrogens (tertiary/aromatic N) is 1. The summed E-state index contributed by atoms with van der Waals surface area (Å²) in [6.07, 6.45) is 0. The first kappa shape index (κ1) is 8.54. The van der Waals surface area contributed by atoms with Crippen LogP contribution in [0, 0.1) is 17.1 Å². The summed E-state index contributed by atoms with van der Waals surface area (Å²) in [6, 6.07) is 6.19. The lowest BCUT2D eigenvalue weighted by Gasteiger charge is -2.03. The molecular formula is C9H9FN2. The molecule has 0 radical (unpaired) electrons. The highest BCUT2D eigenvalue weighted by Crippen LogP contribution is 2.14. The van der Waals surface area contributed by atoms with Gasteiger partial charge in [0.25, 0.3) is 0 Å². The second-order valence-electron chi connectivity index (χ2n) is 2.34. The second-order valence-corrected chi connectivity index (χ2v) is 2.34. The minimum atomic E-state index is -0.323. The van der Waals surface area contributed by atoms with Gasteiger partial charge >= 0.3 is 0 Å². The van der Waals surface area contributed by atoms with Crippen LogP contribution < -0.4 is 5.32 Å². The van der Waals surface area contributed by atoms with Gasteiger partial charge in [-0.1, -0.05) is 0 Å². The van der Waals surface area contributed by atoms with Crippen molar-refractivity contribution in [3.63, 3.8) is 0 Å². The summed E-state index contributed by atoms with van der Waals surface area (Å²) in [5.74, 6) is -0.323. The summed E-state index contributed by atoms with van der Waals surface area (Å²) in [5.41, 5.74) is 0.851. The Labute approximate surface area is 70.6 Å². The van der Waals surface area contributed by atoms with Gasteiger partial charge in [0.15, 0.2) is 0 Å². The van der Waals surface area contributed by atoms with Gasteiger partial charge in [0, 0.05) is 6.54 Å². The molecule has 1 aromatic rings. The SMILES string of the molecule is CCNc1cc(C#N)ccc1F. The highest BCUT2D eigenvalue weighted by molar-refractivity contribution is 5.50. The average molecular weight is 164 g/mol. The summed E-state index contributed by atoms with van der Waals surface area (Å²) in [6.45, 7) is 2.52. The number of halogens is 1. The third kappa shape index (κ3) is 1.73. The molecule has 0 aromatic heterocycles. The van der Waals surface area contributed by atoms with E-state index in [2.05, 4.69) is 5.32 Å². The van der Waals surface area contributed by atoms with E-state index in [4.69, 9.17) is 5.26 Å². The molecule has 0 unspecified atom stereocenters. The van der Waals surface area contributed by atoms with Crippen LogP contribution in [-0.4, -0.2) is 6.54 Å². The van der Waals surface area contributed by atoms with E-state index in [-0.39, 0.29) is 5.82 Å². The second kappa shape index (κ2) is 3.72. The standard InChI is InChI=1S/C9H9FN2/c1-2-12-9-5-7(6-11)3-4-8(9)10/h3-5,12H,2H2,1H3. The fraction of sp³-hybridized carbons (Fsp3) is 0.222. The van der Waals surface area contributed by atoms with Crippen LogP contribution in [0.5, 0.6) is 0 Å². The average Bonchev–Trinajstić information content (AvgIpc) is 2.09. The van der Waals surface area contributed by atoms with Crippen molar-refractivity contribution in [1.29, 1.82) is 5.26 Å². The minimum Gasteiger partial charge on any atom is -0.383 e. The minimum absolute atomic E-state index is 0.323. The number of nitriles is 1. The molecule has 0 spiro atoms. The number of hydrogen-bond acceptors (Lipinski definition) is 2. The monoisotopic (exact) mass is 164 g/mol. The Morgan fingerprint density at radius 2 is 2.33 bits per heavy atom. The summed E-state index contributed by atoms with van der Waals surface area (Å²) >= 11 is 0. The molecule has 0 aliphatic rings. The summed E-state index contributed by atoms with van der Waals surface area (Å²) in [5, 5.41) is 11.3. The molecular weight excluding hydrogens is 155 g/mol. The van der Waals surface area contributed by atoms with Crippen LogP contribution in [0.1, 0.15) is 12.5 Å². The van der Waals surface area contributed by atoms with E-state index in [9.17, 15) is 4.39 Å². The maximum Gasteiger partial charge on any atom is 0.146 e. The number of anilines is 1. The Morgan fingerprint density at radius 3 is 2.92 bits per heavy atom. The fourth-order valence-corrected chi connectivity index (χ4v) is 0.921. The largest absolute Gasteiger partial charge is 0.383 e. The van der Waals surface area contributed by atoms with Gasteiger partial charge in [0.1, 0.15) is 5.82 Å². The van der Waals surface area contributed by atoms with Crippen LogP contribution >= 0.6 is 0 Å². The third-order valence-electron chi connectivity index (χ3n) is 1.46. The Morgan fingerprint density at radius 1 is 1.58 bits per heavy atom. The maximum atomic E-state index is 12.9. The van der Waals surface area contributed by atoms with E-state index in [1.807, 2.05) is 13.0 Å². The number of benzene rings is 1. The predicted octanol–water partition coefficient (Wildman–Crippen LogP) is 2.13. The summed E-state index contributed by atoms with van der Waals surface area (Å²) < 4.78 is 12.9. The lowest BCUT2D eigenvalue weighted by molar-refractivity contribution is 0.630. The number of nitrogens with one attached hydrogen (secondary N) is 1. The van der Waals surface area contributed by atoms with E-state index < -0.39 is 0 Å². The van der Waals surface area contributed by atoms with Crippen LogP contribution in [0.2, 0.25) is 0 Å². The van der Waals surface area contributed by atoms with Crippen molar-refractivity contribution in [1.82, 2.24) is 0 Å². The quantitative estimate of drug-likeness (QED) is 0.726. The third-order valence-corrected chi connectivity index (χ3v) is 1.46. The topological polar surface area (TPSA) is 35.8 Å². The van der Waals surface area contributed by atoms with Gasteiger partial charge in [0.05, 0.1) is 17.3 Å². The van der Waals surface area contributed by atoms with E-state index in [0.29, 0.717) is 17.8 Å². The molecule has 1 aromatic carbocycles. The van der Waals surface area contributed by atoms with Gasteiger partial charge in [-0.2, -0.15) is 5.26 Å². The lowest BCUT2D eigenvalue weighted by atomic mass is 10.2. The molecule has 1 N–H and O–H groups in total. The molecule has 0 atom stereocenters. The first-order valence-corrected chi connectivity index (χ1v) is 3.71. The Kier molecular flexibility index (Phi) is 2.65. The Bertz CT molecular complexity index is 315. The number of rotatable bonds is 2. The molecule has 0 aliphatic heterocycles. The van der Waals surface area contributed by atoms with Crippen LogP contribution in [0.4, 0.5) is 10.1 Å². The molecule has 0 fully saturated rings. The molecule has 62 valence electrons. The molecule has 1 rings (SSSR count). The van der Waals surface area contributed by atoms with Gasteiger partial charge in [-0.3, -0.25) is 0 Å². The summed E-state index contributed by atoms with van der Waals surface area (Å²) in [4.78, 5) is 0. The first-order valence-electron chi connectivity index (χ1n) is 3.71. The zero-order chi connectivity index (χ0) is 8.97. The van der Waals surface area contributed by atoms with E-state index in [0.717, 1.165) is 0 Å².